The van der Waals surface area contributed by atoms with E-state index < -0.39 is 6.10 Å². The maximum atomic E-state index is 9.76. The molecule has 1 atom stereocenters. The van der Waals surface area contributed by atoms with Gasteiger partial charge in [-0.05, 0) is 24.6 Å². The average Bonchev–Trinajstić information content (AvgIpc) is 2.95. The fraction of sp³-hybridized carbons (Fsp3) is 0.312. The van der Waals surface area contributed by atoms with E-state index in [9.17, 15) is 5.11 Å². The third kappa shape index (κ3) is 3.40. The summed E-state index contributed by atoms with van der Waals surface area (Å²) < 4.78 is 2.03. The van der Waals surface area contributed by atoms with Crippen LogP contribution in [-0.4, -0.2) is 37.3 Å². The van der Waals surface area contributed by atoms with Crippen molar-refractivity contribution in [3.8, 4) is 0 Å². The van der Waals surface area contributed by atoms with E-state index in [0.717, 1.165) is 16.7 Å². The van der Waals surface area contributed by atoms with Crippen molar-refractivity contribution in [1.29, 1.82) is 0 Å². The van der Waals surface area contributed by atoms with Crippen molar-refractivity contribution in [2.45, 2.75) is 26.0 Å². The normalized spacial score (nSPS) is 12.4. The molecule has 0 aliphatic heterocycles. The van der Waals surface area contributed by atoms with Gasteiger partial charge in [-0.3, -0.25) is 4.98 Å². The van der Waals surface area contributed by atoms with Crippen LogP contribution in [0, 0.1) is 0 Å². The fourth-order valence-electron chi connectivity index (χ4n) is 2.40. The van der Waals surface area contributed by atoms with Gasteiger partial charge in [-0.25, -0.2) is 4.98 Å². The largest absolute Gasteiger partial charge is 0.391 e. The third-order valence-corrected chi connectivity index (χ3v) is 3.66. The van der Waals surface area contributed by atoms with Crippen LogP contribution in [0.5, 0.6) is 0 Å². The molecule has 0 aliphatic rings. The van der Waals surface area contributed by atoms with Gasteiger partial charge in [-0.15, -0.1) is 0 Å². The number of pyridine rings is 1. The first-order valence-electron chi connectivity index (χ1n) is 7.61. The minimum Gasteiger partial charge on any atom is -0.391 e. The molecule has 0 amide bonds. The van der Waals surface area contributed by atoms with E-state index in [-0.39, 0.29) is 5.95 Å². The number of aliphatic hydroxyl groups is 1. The summed E-state index contributed by atoms with van der Waals surface area (Å²) in [6, 6.07) is 7.72. The summed E-state index contributed by atoms with van der Waals surface area (Å²) >= 11 is 0. The van der Waals surface area contributed by atoms with Crippen LogP contribution in [0.4, 0.5) is 11.8 Å². The second-order valence-corrected chi connectivity index (χ2v) is 5.37. The zero-order chi connectivity index (χ0) is 16.2. The predicted octanol–water partition coefficient (Wildman–Crippen LogP) is 1.64. The second kappa shape index (κ2) is 6.62. The summed E-state index contributed by atoms with van der Waals surface area (Å²) in [6.07, 6.45) is 3.95. The highest BCUT2D eigenvalue weighted by molar-refractivity contribution is 5.87. The molecule has 3 rings (SSSR count). The number of aliphatic hydroxyl groups excluding tert-OH is 1. The molecule has 120 valence electrons. The molecular weight excluding hydrogens is 292 g/mol. The van der Waals surface area contributed by atoms with Crippen molar-refractivity contribution < 1.29 is 5.11 Å². The number of hydrogen-bond donors (Lipinski definition) is 3. The number of rotatable bonds is 6. The molecule has 0 saturated heterocycles. The number of nitrogens with zero attached hydrogens (tertiary/aromatic N) is 4. The average molecular weight is 312 g/mol. The number of nitrogen functional groups attached to an aromatic ring is 1. The van der Waals surface area contributed by atoms with Crippen LogP contribution in [0.3, 0.4) is 0 Å². The van der Waals surface area contributed by atoms with Crippen LogP contribution >= 0.6 is 0 Å². The van der Waals surface area contributed by atoms with Crippen LogP contribution < -0.4 is 11.1 Å². The molecule has 0 fully saturated rings. The monoisotopic (exact) mass is 312 g/mol. The van der Waals surface area contributed by atoms with Crippen LogP contribution in [-0.2, 0) is 6.54 Å². The highest BCUT2D eigenvalue weighted by Gasteiger charge is 2.13. The molecule has 0 aromatic carbocycles. The van der Waals surface area contributed by atoms with Crippen molar-refractivity contribution >= 4 is 22.8 Å². The van der Waals surface area contributed by atoms with Gasteiger partial charge in [0.1, 0.15) is 5.52 Å². The number of hydrogen-bond acceptors (Lipinski definition) is 6. The molecule has 0 radical (unpaired) electrons. The molecule has 3 heterocycles. The van der Waals surface area contributed by atoms with E-state index in [0.29, 0.717) is 25.3 Å². The summed E-state index contributed by atoms with van der Waals surface area (Å²) in [5.74, 6) is 0.836. The van der Waals surface area contributed by atoms with E-state index in [2.05, 4.69) is 20.3 Å². The van der Waals surface area contributed by atoms with Gasteiger partial charge >= 0.3 is 0 Å². The Morgan fingerprint density at radius 1 is 1.30 bits per heavy atom. The summed E-state index contributed by atoms with van der Waals surface area (Å²) in [6.45, 7) is 2.96. The lowest BCUT2D eigenvalue weighted by Gasteiger charge is -2.13. The molecule has 0 bridgehead atoms. The zero-order valence-electron chi connectivity index (χ0n) is 13.0. The predicted molar refractivity (Wildman–Crippen MR) is 90.1 cm³/mol. The number of nitrogens with two attached hydrogens (primary N) is 1. The molecule has 4 N–H and O–H groups in total. The van der Waals surface area contributed by atoms with Crippen molar-refractivity contribution in [2.75, 3.05) is 17.6 Å². The lowest BCUT2D eigenvalue weighted by atomic mass is 10.3. The molecule has 3 aromatic heterocycles. The first-order valence-corrected chi connectivity index (χ1v) is 7.61. The smallest absolute Gasteiger partial charge is 0.222 e. The van der Waals surface area contributed by atoms with Crippen LogP contribution in [0.2, 0.25) is 0 Å². The molecule has 23 heavy (non-hydrogen) atoms. The number of nitrogens with one attached hydrogen (secondary N) is 1. The van der Waals surface area contributed by atoms with E-state index >= 15 is 0 Å². The first kappa shape index (κ1) is 15.2. The van der Waals surface area contributed by atoms with Gasteiger partial charge in [-0.2, -0.15) is 4.98 Å². The Morgan fingerprint density at radius 2 is 2.17 bits per heavy atom. The molecule has 7 heteroatoms. The second-order valence-electron chi connectivity index (χ2n) is 5.37. The Balaban J connectivity index is 1.96. The number of fused-ring (bicyclic) bond motifs is 1. The van der Waals surface area contributed by atoms with Gasteiger partial charge in [0.2, 0.25) is 5.95 Å². The van der Waals surface area contributed by atoms with Crippen LogP contribution in [0.25, 0.3) is 11.0 Å². The Labute approximate surface area is 134 Å². The van der Waals surface area contributed by atoms with Crippen LogP contribution in [0.1, 0.15) is 19.0 Å². The molecule has 0 aliphatic carbocycles. The van der Waals surface area contributed by atoms with E-state index in [1.165, 1.54) is 0 Å². The topological polar surface area (TPSA) is 102 Å². The number of aromatic nitrogens is 4. The van der Waals surface area contributed by atoms with Gasteiger partial charge in [0, 0.05) is 18.9 Å². The molecule has 0 saturated carbocycles. The molecule has 0 spiro atoms. The standard InChI is InChI=1S/C16H20N6O/c1-2-12(23)9-19-15-14-13(20-16(17)21-15)6-8-22(14)10-11-5-3-4-7-18-11/h3-8,12,23H,2,9-10H2,1H3,(H3,17,19,20,21). The molecule has 7 nitrogen and oxygen atoms in total. The minimum atomic E-state index is -0.430. The molecular formula is C16H20N6O. The van der Waals surface area contributed by atoms with Crippen molar-refractivity contribution in [1.82, 2.24) is 19.5 Å². The van der Waals surface area contributed by atoms with Gasteiger partial charge in [-0.1, -0.05) is 13.0 Å². The summed E-state index contributed by atoms with van der Waals surface area (Å²) in [5, 5.41) is 12.9. The summed E-state index contributed by atoms with van der Waals surface area (Å²) in [5.41, 5.74) is 8.35. The van der Waals surface area contributed by atoms with Crippen molar-refractivity contribution in [2.24, 2.45) is 0 Å². The third-order valence-electron chi connectivity index (χ3n) is 3.66. The number of anilines is 2. The van der Waals surface area contributed by atoms with Gasteiger partial charge in [0.05, 0.1) is 23.9 Å². The Hall–Kier alpha value is -2.67. The van der Waals surface area contributed by atoms with Crippen LogP contribution in [0.15, 0.2) is 36.7 Å². The maximum Gasteiger partial charge on any atom is 0.222 e. The fourth-order valence-corrected chi connectivity index (χ4v) is 2.40. The Morgan fingerprint density at radius 3 is 2.91 bits per heavy atom. The molecule has 3 aromatic rings. The lowest BCUT2D eigenvalue weighted by Crippen LogP contribution is -2.19. The SMILES string of the molecule is CCC(O)CNc1nc(N)nc2ccn(Cc3ccccn3)c12. The first-order chi connectivity index (χ1) is 11.2. The summed E-state index contributed by atoms with van der Waals surface area (Å²) in [7, 11) is 0. The summed E-state index contributed by atoms with van der Waals surface area (Å²) in [4.78, 5) is 12.9. The van der Waals surface area contributed by atoms with Crippen molar-refractivity contribution in [3.63, 3.8) is 0 Å². The van der Waals surface area contributed by atoms with E-state index in [4.69, 9.17) is 5.73 Å². The maximum absolute atomic E-state index is 9.76. The highest BCUT2D eigenvalue weighted by atomic mass is 16.3. The highest BCUT2D eigenvalue weighted by Crippen LogP contribution is 2.23. The van der Waals surface area contributed by atoms with Crippen molar-refractivity contribution in [3.05, 3.63) is 42.4 Å². The van der Waals surface area contributed by atoms with Gasteiger partial charge in [0.15, 0.2) is 5.82 Å². The minimum absolute atomic E-state index is 0.210. The quantitative estimate of drug-likeness (QED) is 0.639. The lowest BCUT2D eigenvalue weighted by molar-refractivity contribution is 0.183. The molecule has 1 unspecified atom stereocenters. The zero-order valence-corrected chi connectivity index (χ0v) is 13.0. The van der Waals surface area contributed by atoms with Gasteiger partial charge < -0.3 is 20.7 Å². The van der Waals surface area contributed by atoms with Gasteiger partial charge in [0.25, 0.3) is 0 Å². The van der Waals surface area contributed by atoms with E-state index in [1.807, 2.05) is 42.0 Å². The Bertz CT molecular complexity index is 786. The Kier molecular flexibility index (Phi) is 4.38. The van der Waals surface area contributed by atoms with E-state index in [1.54, 1.807) is 6.20 Å².